The summed E-state index contributed by atoms with van der Waals surface area (Å²) in [6.45, 7) is 5.80. The van der Waals surface area contributed by atoms with Gasteiger partial charge in [0.25, 0.3) is 0 Å². The van der Waals surface area contributed by atoms with Crippen LogP contribution >= 0.6 is 11.6 Å². The van der Waals surface area contributed by atoms with E-state index in [-0.39, 0.29) is 16.3 Å². The van der Waals surface area contributed by atoms with Crippen LogP contribution in [0.5, 0.6) is 0 Å². The molecule has 0 aliphatic rings. The molecule has 0 spiro atoms. The molecule has 0 amide bonds. The Balaban J connectivity index is 3.37. The van der Waals surface area contributed by atoms with E-state index in [1.165, 1.54) is 0 Å². The van der Waals surface area contributed by atoms with Crippen LogP contribution in [0, 0.1) is 0 Å². The Morgan fingerprint density at radius 2 is 2.00 bits per heavy atom. The molecular weight excluding hydrogens is 202 g/mol. The maximum Gasteiger partial charge on any atom is 0.354 e. The molecule has 4 heteroatoms. The highest BCUT2D eigenvalue weighted by Crippen LogP contribution is 2.25. The van der Waals surface area contributed by atoms with Crippen LogP contribution in [0.1, 0.15) is 36.8 Å². The standard InChI is InChI=1S/C10H12ClNO2/c1-10(2,3)6-4-5-7(11)12-8(6)9(13)14/h4-5H,1-3H3,(H,13,14). The van der Waals surface area contributed by atoms with Gasteiger partial charge in [0.2, 0.25) is 0 Å². The van der Waals surface area contributed by atoms with Crippen molar-refractivity contribution in [2.24, 2.45) is 0 Å². The molecule has 0 saturated carbocycles. The molecule has 0 fully saturated rings. The SMILES string of the molecule is CC(C)(C)c1ccc(Cl)nc1C(=O)O. The van der Waals surface area contributed by atoms with Crippen LogP contribution in [-0.2, 0) is 5.41 Å². The number of nitrogens with zero attached hydrogens (tertiary/aromatic N) is 1. The summed E-state index contributed by atoms with van der Waals surface area (Å²) in [4.78, 5) is 14.7. The number of aromatic nitrogens is 1. The zero-order valence-corrected chi connectivity index (χ0v) is 9.09. The normalized spacial score (nSPS) is 11.4. The zero-order valence-electron chi connectivity index (χ0n) is 8.34. The second kappa shape index (κ2) is 3.58. The molecule has 14 heavy (non-hydrogen) atoms. The van der Waals surface area contributed by atoms with Crippen LogP contribution in [0.3, 0.4) is 0 Å². The lowest BCUT2D eigenvalue weighted by Crippen LogP contribution is -2.18. The number of rotatable bonds is 1. The van der Waals surface area contributed by atoms with E-state index < -0.39 is 5.97 Å². The average Bonchev–Trinajstić information content (AvgIpc) is 2.01. The topological polar surface area (TPSA) is 50.2 Å². The first-order valence-corrected chi connectivity index (χ1v) is 4.60. The number of hydrogen-bond acceptors (Lipinski definition) is 2. The lowest BCUT2D eigenvalue weighted by Gasteiger charge is -2.20. The van der Waals surface area contributed by atoms with E-state index in [2.05, 4.69) is 4.98 Å². The van der Waals surface area contributed by atoms with Crippen LogP contribution in [0.15, 0.2) is 12.1 Å². The third kappa shape index (κ3) is 2.23. The van der Waals surface area contributed by atoms with E-state index in [1.807, 2.05) is 20.8 Å². The minimum atomic E-state index is -1.04. The third-order valence-corrected chi connectivity index (χ3v) is 2.08. The van der Waals surface area contributed by atoms with Crippen molar-refractivity contribution < 1.29 is 9.90 Å². The molecule has 1 aromatic heterocycles. The van der Waals surface area contributed by atoms with E-state index in [0.29, 0.717) is 5.56 Å². The fraction of sp³-hybridized carbons (Fsp3) is 0.400. The molecule has 0 radical (unpaired) electrons. The van der Waals surface area contributed by atoms with Crippen molar-refractivity contribution in [1.82, 2.24) is 4.98 Å². The monoisotopic (exact) mass is 213 g/mol. The number of pyridine rings is 1. The van der Waals surface area contributed by atoms with E-state index in [0.717, 1.165) is 0 Å². The van der Waals surface area contributed by atoms with Gasteiger partial charge in [-0.25, -0.2) is 9.78 Å². The minimum absolute atomic E-state index is 0.0324. The van der Waals surface area contributed by atoms with Crippen molar-refractivity contribution in [3.8, 4) is 0 Å². The Morgan fingerprint density at radius 1 is 1.43 bits per heavy atom. The molecule has 1 heterocycles. The van der Waals surface area contributed by atoms with Crippen molar-refractivity contribution in [3.63, 3.8) is 0 Å². The predicted octanol–water partition coefficient (Wildman–Crippen LogP) is 2.73. The molecule has 0 aliphatic heterocycles. The second-order valence-electron chi connectivity index (χ2n) is 4.09. The first-order valence-electron chi connectivity index (χ1n) is 4.22. The van der Waals surface area contributed by atoms with Gasteiger partial charge in [0.1, 0.15) is 5.15 Å². The van der Waals surface area contributed by atoms with E-state index in [4.69, 9.17) is 16.7 Å². The van der Waals surface area contributed by atoms with E-state index in [9.17, 15) is 4.79 Å². The van der Waals surface area contributed by atoms with Crippen LogP contribution < -0.4 is 0 Å². The van der Waals surface area contributed by atoms with Gasteiger partial charge in [-0.2, -0.15) is 0 Å². The minimum Gasteiger partial charge on any atom is -0.477 e. The Hall–Kier alpha value is -1.09. The molecule has 0 saturated heterocycles. The summed E-state index contributed by atoms with van der Waals surface area (Å²) in [7, 11) is 0. The van der Waals surface area contributed by atoms with E-state index >= 15 is 0 Å². The van der Waals surface area contributed by atoms with Crippen molar-refractivity contribution in [2.75, 3.05) is 0 Å². The highest BCUT2D eigenvalue weighted by Gasteiger charge is 2.22. The Labute approximate surface area is 87.7 Å². The molecule has 0 bridgehead atoms. The van der Waals surface area contributed by atoms with Crippen molar-refractivity contribution in [1.29, 1.82) is 0 Å². The van der Waals surface area contributed by atoms with E-state index in [1.54, 1.807) is 12.1 Å². The summed E-state index contributed by atoms with van der Waals surface area (Å²) in [5.74, 6) is -1.04. The van der Waals surface area contributed by atoms with Crippen LogP contribution in [0.2, 0.25) is 5.15 Å². The number of halogens is 1. The van der Waals surface area contributed by atoms with Crippen LogP contribution in [-0.4, -0.2) is 16.1 Å². The largest absolute Gasteiger partial charge is 0.477 e. The number of carboxylic acid groups (broad SMARTS) is 1. The summed E-state index contributed by atoms with van der Waals surface area (Å²) in [5, 5.41) is 9.14. The van der Waals surface area contributed by atoms with Gasteiger partial charge < -0.3 is 5.11 Å². The highest BCUT2D eigenvalue weighted by molar-refractivity contribution is 6.29. The number of hydrogen-bond donors (Lipinski definition) is 1. The van der Waals surface area contributed by atoms with Gasteiger partial charge in [0.15, 0.2) is 5.69 Å². The van der Waals surface area contributed by atoms with Gasteiger partial charge in [-0.05, 0) is 17.0 Å². The van der Waals surface area contributed by atoms with Gasteiger partial charge in [-0.3, -0.25) is 0 Å². The molecule has 0 aliphatic carbocycles. The molecule has 0 atom stereocenters. The van der Waals surface area contributed by atoms with Crippen molar-refractivity contribution in [3.05, 3.63) is 28.5 Å². The van der Waals surface area contributed by atoms with Gasteiger partial charge in [-0.15, -0.1) is 0 Å². The average molecular weight is 214 g/mol. The first kappa shape index (κ1) is 11.0. The molecule has 1 rings (SSSR count). The molecule has 1 aromatic rings. The van der Waals surface area contributed by atoms with Gasteiger partial charge in [-0.1, -0.05) is 38.4 Å². The Morgan fingerprint density at radius 3 is 2.43 bits per heavy atom. The summed E-state index contributed by atoms with van der Waals surface area (Å²) in [6.07, 6.45) is 0. The fourth-order valence-corrected chi connectivity index (χ4v) is 1.35. The number of carboxylic acids is 1. The van der Waals surface area contributed by atoms with Gasteiger partial charge >= 0.3 is 5.97 Å². The van der Waals surface area contributed by atoms with Gasteiger partial charge in [0, 0.05) is 0 Å². The van der Waals surface area contributed by atoms with Crippen LogP contribution in [0.4, 0.5) is 0 Å². The fourth-order valence-electron chi connectivity index (χ4n) is 1.20. The van der Waals surface area contributed by atoms with Gasteiger partial charge in [0.05, 0.1) is 0 Å². The zero-order chi connectivity index (χ0) is 10.9. The maximum absolute atomic E-state index is 10.9. The van der Waals surface area contributed by atoms with Crippen molar-refractivity contribution >= 4 is 17.6 Å². The third-order valence-electron chi connectivity index (χ3n) is 1.87. The summed E-state index contributed by atoms with van der Waals surface area (Å²) in [6, 6.07) is 3.31. The molecular formula is C10H12ClNO2. The van der Waals surface area contributed by atoms with Crippen molar-refractivity contribution in [2.45, 2.75) is 26.2 Å². The number of carbonyl (C=O) groups is 1. The lowest BCUT2D eigenvalue weighted by atomic mass is 9.86. The molecule has 0 aromatic carbocycles. The maximum atomic E-state index is 10.9. The lowest BCUT2D eigenvalue weighted by molar-refractivity contribution is 0.0687. The Kier molecular flexibility index (Phi) is 2.81. The molecule has 3 nitrogen and oxygen atoms in total. The summed E-state index contributed by atoms with van der Waals surface area (Å²) < 4.78 is 0. The molecule has 76 valence electrons. The first-order chi connectivity index (χ1) is 6.32. The summed E-state index contributed by atoms with van der Waals surface area (Å²) >= 11 is 5.64. The number of aromatic carboxylic acids is 1. The smallest absolute Gasteiger partial charge is 0.354 e. The predicted molar refractivity (Wildman–Crippen MR) is 54.9 cm³/mol. The molecule has 1 N–H and O–H groups in total. The highest BCUT2D eigenvalue weighted by atomic mass is 35.5. The Bertz CT molecular complexity index is 369. The summed E-state index contributed by atoms with van der Waals surface area (Å²) in [5.41, 5.74) is 0.477. The molecule has 0 unspecified atom stereocenters. The quantitative estimate of drug-likeness (QED) is 0.730. The second-order valence-corrected chi connectivity index (χ2v) is 4.47. The van der Waals surface area contributed by atoms with Crippen LogP contribution in [0.25, 0.3) is 0 Å².